The number of esters is 1. The molecule has 3 heterocycles. The summed E-state index contributed by atoms with van der Waals surface area (Å²) in [5.74, 6) is -0.852. The minimum Gasteiger partial charge on any atom is -0.461 e. The molecule has 1 N–H and O–H groups in total. The van der Waals surface area contributed by atoms with Crippen LogP contribution in [0.15, 0.2) is 52.6 Å². The second kappa shape index (κ2) is 8.60. The van der Waals surface area contributed by atoms with E-state index in [1.807, 2.05) is 0 Å². The number of benzene rings is 2. The van der Waals surface area contributed by atoms with E-state index in [-0.39, 0.29) is 46.1 Å². The van der Waals surface area contributed by atoms with Crippen molar-refractivity contribution >= 4 is 39.0 Å². The smallest absolute Gasteiger partial charge is 0.359 e. The minimum atomic E-state index is -0.746. The molecule has 0 fully saturated rings. The molecule has 11 heteroatoms. The number of amides is 1. The van der Waals surface area contributed by atoms with Crippen LogP contribution in [0, 0.1) is 5.82 Å². The maximum Gasteiger partial charge on any atom is 0.359 e. The Morgan fingerprint density at radius 3 is 2.82 bits per heavy atom. The third-order valence-electron chi connectivity index (χ3n) is 5.04. The number of hydrogen-bond donors (Lipinski definition) is 1. The standard InChI is InChI=1S/C23H16FN3O6S/c1-2-31-23(30)19-15-10-34-21(25-20(28)12-6-7-16-17(8-12)33-11-32-16)18(15)22(29)27(26-19)14-5-3-4-13(24)9-14/h3-10H,2,11H2,1H3,(H,25,28). The van der Waals surface area contributed by atoms with Crippen molar-refractivity contribution < 1.29 is 28.2 Å². The molecule has 4 aromatic rings. The Morgan fingerprint density at radius 1 is 1.21 bits per heavy atom. The van der Waals surface area contributed by atoms with Crippen LogP contribution in [0.4, 0.5) is 9.39 Å². The molecule has 1 aliphatic heterocycles. The Hall–Kier alpha value is -4.25. The lowest BCUT2D eigenvalue weighted by molar-refractivity contribution is 0.0520. The summed E-state index contributed by atoms with van der Waals surface area (Å²) in [6.07, 6.45) is 0. The summed E-state index contributed by atoms with van der Waals surface area (Å²) in [5, 5.41) is 8.90. The molecule has 34 heavy (non-hydrogen) atoms. The summed E-state index contributed by atoms with van der Waals surface area (Å²) < 4.78 is 30.4. The molecule has 0 atom stereocenters. The van der Waals surface area contributed by atoms with Crippen molar-refractivity contribution in [3.63, 3.8) is 0 Å². The van der Waals surface area contributed by atoms with Crippen LogP contribution in [0.5, 0.6) is 11.5 Å². The Balaban J connectivity index is 1.62. The molecule has 0 bridgehead atoms. The summed E-state index contributed by atoms with van der Waals surface area (Å²) in [6, 6.07) is 9.95. The molecular weight excluding hydrogens is 465 g/mol. The highest BCUT2D eigenvalue weighted by Gasteiger charge is 2.24. The van der Waals surface area contributed by atoms with E-state index in [2.05, 4.69) is 10.4 Å². The molecular formula is C23H16FN3O6S. The van der Waals surface area contributed by atoms with Crippen molar-refractivity contribution in [1.29, 1.82) is 0 Å². The van der Waals surface area contributed by atoms with Crippen LogP contribution in [0.25, 0.3) is 16.5 Å². The average molecular weight is 481 g/mol. The van der Waals surface area contributed by atoms with Crippen LogP contribution in [0.3, 0.4) is 0 Å². The van der Waals surface area contributed by atoms with Gasteiger partial charge in [-0.3, -0.25) is 9.59 Å². The van der Waals surface area contributed by atoms with Gasteiger partial charge in [-0.1, -0.05) is 6.07 Å². The monoisotopic (exact) mass is 481 g/mol. The number of carbonyl (C=O) groups excluding carboxylic acids is 2. The first-order valence-corrected chi connectivity index (χ1v) is 11.0. The largest absolute Gasteiger partial charge is 0.461 e. The fraction of sp³-hybridized carbons (Fsp3) is 0.130. The van der Waals surface area contributed by atoms with Crippen molar-refractivity contribution in [2.24, 2.45) is 0 Å². The van der Waals surface area contributed by atoms with Gasteiger partial charge in [0.1, 0.15) is 10.8 Å². The maximum atomic E-state index is 13.8. The minimum absolute atomic E-state index is 0.0569. The maximum absolute atomic E-state index is 13.8. The Kier molecular flexibility index (Phi) is 5.46. The number of aromatic nitrogens is 2. The van der Waals surface area contributed by atoms with E-state index in [1.165, 1.54) is 24.3 Å². The second-order valence-corrected chi connectivity index (χ2v) is 8.02. The lowest BCUT2D eigenvalue weighted by Gasteiger charge is -2.10. The van der Waals surface area contributed by atoms with E-state index in [1.54, 1.807) is 24.4 Å². The molecule has 9 nitrogen and oxygen atoms in total. The summed E-state index contributed by atoms with van der Waals surface area (Å²) in [7, 11) is 0. The van der Waals surface area contributed by atoms with E-state index in [0.717, 1.165) is 22.1 Å². The molecule has 5 rings (SSSR count). The number of halogens is 1. The van der Waals surface area contributed by atoms with E-state index in [4.69, 9.17) is 14.2 Å². The van der Waals surface area contributed by atoms with E-state index >= 15 is 0 Å². The van der Waals surface area contributed by atoms with Gasteiger partial charge in [-0.05, 0) is 43.3 Å². The van der Waals surface area contributed by atoms with Crippen molar-refractivity contribution in [3.8, 4) is 17.2 Å². The van der Waals surface area contributed by atoms with Gasteiger partial charge in [-0.25, -0.2) is 9.18 Å². The topological polar surface area (TPSA) is 109 Å². The van der Waals surface area contributed by atoms with E-state index in [9.17, 15) is 18.8 Å². The molecule has 1 amide bonds. The van der Waals surface area contributed by atoms with Crippen molar-refractivity contribution in [3.05, 3.63) is 75.3 Å². The number of thiophene rings is 1. The predicted molar refractivity (Wildman–Crippen MR) is 122 cm³/mol. The molecule has 172 valence electrons. The van der Waals surface area contributed by atoms with Crippen molar-refractivity contribution in [2.75, 3.05) is 18.7 Å². The van der Waals surface area contributed by atoms with Gasteiger partial charge < -0.3 is 19.5 Å². The molecule has 0 saturated carbocycles. The molecule has 1 aliphatic rings. The molecule has 2 aromatic carbocycles. The first-order valence-electron chi connectivity index (χ1n) is 10.1. The van der Waals surface area contributed by atoms with E-state index in [0.29, 0.717) is 11.5 Å². The van der Waals surface area contributed by atoms with Gasteiger partial charge in [-0.2, -0.15) is 9.78 Å². The number of nitrogens with zero attached hydrogens (tertiary/aromatic N) is 2. The van der Waals surface area contributed by atoms with E-state index < -0.39 is 23.3 Å². The Labute approximate surface area is 195 Å². The molecule has 0 saturated heterocycles. The van der Waals surface area contributed by atoms with Crippen molar-refractivity contribution in [2.45, 2.75) is 6.92 Å². The summed E-state index contributed by atoms with van der Waals surface area (Å²) in [5.41, 5.74) is -0.343. The highest BCUT2D eigenvalue weighted by molar-refractivity contribution is 7.16. The average Bonchev–Trinajstić information content (AvgIpc) is 3.46. The van der Waals surface area contributed by atoms with Gasteiger partial charge in [-0.15, -0.1) is 11.3 Å². The van der Waals surface area contributed by atoms with Gasteiger partial charge in [0.05, 0.1) is 17.7 Å². The number of carbonyl (C=O) groups is 2. The molecule has 0 aliphatic carbocycles. The van der Waals surface area contributed by atoms with Crippen LogP contribution in [0.2, 0.25) is 0 Å². The number of anilines is 1. The normalized spacial score (nSPS) is 12.1. The van der Waals surface area contributed by atoms with Crippen LogP contribution in [0.1, 0.15) is 27.8 Å². The van der Waals surface area contributed by atoms with Gasteiger partial charge in [0.2, 0.25) is 6.79 Å². The highest BCUT2D eigenvalue weighted by atomic mass is 32.1. The lowest BCUT2D eigenvalue weighted by Crippen LogP contribution is -2.25. The second-order valence-electron chi connectivity index (χ2n) is 7.14. The number of hydrogen-bond acceptors (Lipinski definition) is 8. The Bertz CT molecular complexity index is 1510. The van der Waals surface area contributed by atoms with Crippen LogP contribution >= 0.6 is 11.3 Å². The van der Waals surface area contributed by atoms with Gasteiger partial charge in [0.25, 0.3) is 11.5 Å². The highest BCUT2D eigenvalue weighted by Crippen LogP contribution is 2.34. The van der Waals surface area contributed by atoms with Crippen molar-refractivity contribution in [1.82, 2.24) is 9.78 Å². The van der Waals surface area contributed by atoms with Gasteiger partial charge in [0, 0.05) is 16.3 Å². The van der Waals surface area contributed by atoms with Gasteiger partial charge >= 0.3 is 5.97 Å². The van der Waals surface area contributed by atoms with Crippen LogP contribution < -0.4 is 20.3 Å². The first-order chi connectivity index (χ1) is 16.5. The fourth-order valence-electron chi connectivity index (χ4n) is 3.49. The lowest BCUT2D eigenvalue weighted by atomic mass is 10.2. The Morgan fingerprint density at radius 2 is 2.03 bits per heavy atom. The SMILES string of the molecule is CCOC(=O)c1nn(-c2cccc(F)c2)c(=O)c2c(NC(=O)c3ccc4c(c3)OCO4)scc12. The predicted octanol–water partition coefficient (Wildman–Crippen LogP) is 3.74. The first kappa shape index (κ1) is 21.6. The number of ether oxygens (including phenoxy) is 3. The quantitative estimate of drug-likeness (QED) is 0.433. The molecule has 2 aromatic heterocycles. The third kappa shape index (κ3) is 3.75. The zero-order valence-corrected chi connectivity index (χ0v) is 18.5. The van der Waals surface area contributed by atoms with Crippen LogP contribution in [-0.2, 0) is 4.74 Å². The summed E-state index contributed by atoms with van der Waals surface area (Å²) >= 11 is 1.06. The van der Waals surface area contributed by atoms with Crippen LogP contribution in [-0.4, -0.2) is 35.1 Å². The third-order valence-corrected chi connectivity index (χ3v) is 5.93. The zero-order valence-electron chi connectivity index (χ0n) is 17.7. The molecule has 0 unspecified atom stereocenters. The molecule has 0 spiro atoms. The number of fused-ring (bicyclic) bond motifs is 2. The molecule has 0 radical (unpaired) electrons. The number of rotatable bonds is 5. The summed E-state index contributed by atoms with van der Waals surface area (Å²) in [6.45, 7) is 1.81. The zero-order chi connectivity index (χ0) is 23.8. The number of nitrogens with one attached hydrogen (secondary N) is 1. The fourth-order valence-corrected chi connectivity index (χ4v) is 4.42. The van der Waals surface area contributed by atoms with Gasteiger partial charge in [0.15, 0.2) is 17.2 Å². The summed E-state index contributed by atoms with van der Waals surface area (Å²) in [4.78, 5) is 38.9.